The Bertz CT molecular complexity index is 193. The van der Waals surface area contributed by atoms with Gasteiger partial charge in [0.15, 0.2) is 0 Å². The van der Waals surface area contributed by atoms with Crippen LogP contribution in [-0.2, 0) is 9.59 Å². The number of carbonyl (C=O) groups excluding carboxylic acids is 1. The minimum absolute atomic E-state index is 0.279. The maximum Gasteiger partial charge on any atom is 0.316 e. The van der Waals surface area contributed by atoms with Crippen LogP contribution in [0.3, 0.4) is 0 Å². The fraction of sp³-hybridized carbons (Fsp3) is 0.778. The largest absolute Gasteiger partial charge is 0.481 e. The number of aliphatic carboxylic acids is 1. The van der Waals surface area contributed by atoms with Gasteiger partial charge >= 0.3 is 5.97 Å². The van der Waals surface area contributed by atoms with Crippen LogP contribution >= 0.6 is 0 Å². The third-order valence-corrected chi connectivity index (χ3v) is 2.07. The second-order valence-corrected chi connectivity index (χ2v) is 3.22. The van der Waals surface area contributed by atoms with E-state index in [0.717, 1.165) is 19.3 Å². The lowest BCUT2D eigenvalue weighted by Crippen LogP contribution is -2.33. The smallest absolute Gasteiger partial charge is 0.316 e. The Labute approximate surface area is 83.1 Å². The summed E-state index contributed by atoms with van der Waals surface area (Å²) in [5, 5.41) is 17.0. The number of hydrogen-bond acceptors (Lipinski definition) is 3. The highest BCUT2D eigenvalue weighted by atomic mass is 16.5. The van der Waals surface area contributed by atoms with E-state index < -0.39 is 17.8 Å². The van der Waals surface area contributed by atoms with Gasteiger partial charge in [-0.15, -0.1) is 0 Å². The molecule has 1 atom stereocenters. The molecule has 0 rings (SSSR count). The molecule has 0 aromatic rings. The minimum Gasteiger partial charge on any atom is -0.481 e. The van der Waals surface area contributed by atoms with Crippen LogP contribution in [0.5, 0.6) is 0 Å². The van der Waals surface area contributed by atoms with E-state index in [4.69, 9.17) is 10.3 Å². The number of carbonyl (C=O) groups is 2. The molecule has 0 aliphatic carbocycles. The van der Waals surface area contributed by atoms with Crippen molar-refractivity contribution in [1.29, 1.82) is 0 Å². The average molecular weight is 203 g/mol. The van der Waals surface area contributed by atoms with Crippen LogP contribution in [0, 0.1) is 5.92 Å². The molecule has 5 heteroatoms. The molecule has 14 heavy (non-hydrogen) atoms. The number of rotatable bonds is 7. The lowest BCUT2D eigenvalue weighted by molar-refractivity contribution is -0.150. The standard InChI is InChI=1S/C9H17NO4/c1-2-3-4-5-6-7(9(12)13)8(11)10-14/h7,14H,2-6H2,1H3,(H,10,11)(H,12,13). The summed E-state index contributed by atoms with van der Waals surface area (Å²) in [4.78, 5) is 21.5. The molecule has 0 heterocycles. The first-order valence-electron chi connectivity index (χ1n) is 4.80. The molecule has 0 aromatic heterocycles. The van der Waals surface area contributed by atoms with Gasteiger partial charge in [0.25, 0.3) is 5.91 Å². The van der Waals surface area contributed by atoms with E-state index in [-0.39, 0.29) is 6.42 Å². The van der Waals surface area contributed by atoms with Gasteiger partial charge in [-0.2, -0.15) is 0 Å². The van der Waals surface area contributed by atoms with Gasteiger partial charge in [-0.3, -0.25) is 14.8 Å². The molecule has 0 spiro atoms. The quantitative estimate of drug-likeness (QED) is 0.251. The summed E-state index contributed by atoms with van der Waals surface area (Å²) in [5.41, 5.74) is 1.37. The first-order valence-corrected chi connectivity index (χ1v) is 4.80. The zero-order valence-corrected chi connectivity index (χ0v) is 8.32. The minimum atomic E-state index is -1.19. The molecule has 0 saturated heterocycles. The average Bonchev–Trinajstić information content (AvgIpc) is 2.16. The normalized spacial score (nSPS) is 12.1. The van der Waals surface area contributed by atoms with Crippen molar-refractivity contribution in [3.05, 3.63) is 0 Å². The summed E-state index contributed by atoms with van der Waals surface area (Å²) in [6.07, 6.45) is 3.98. The molecular formula is C9H17NO4. The highest BCUT2D eigenvalue weighted by molar-refractivity contribution is 5.96. The molecular weight excluding hydrogens is 186 g/mol. The van der Waals surface area contributed by atoms with Crippen LogP contribution < -0.4 is 5.48 Å². The van der Waals surface area contributed by atoms with Crippen molar-refractivity contribution in [3.63, 3.8) is 0 Å². The van der Waals surface area contributed by atoms with Crippen molar-refractivity contribution < 1.29 is 19.9 Å². The number of unbranched alkanes of at least 4 members (excludes halogenated alkanes) is 3. The predicted octanol–water partition coefficient (Wildman–Crippen LogP) is 1.16. The summed E-state index contributed by atoms with van der Waals surface area (Å²) in [5.74, 6) is -3.15. The monoisotopic (exact) mass is 203 g/mol. The van der Waals surface area contributed by atoms with Gasteiger partial charge in [0.05, 0.1) is 0 Å². The second-order valence-electron chi connectivity index (χ2n) is 3.22. The summed E-state index contributed by atoms with van der Waals surface area (Å²) in [6.45, 7) is 2.05. The van der Waals surface area contributed by atoms with Crippen LogP contribution in [-0.4, -0.2) is 22.2 Å². The maximum absolute atomic E-state index is 10.9. The Kier molecular flexibility index (Phi) is 6.74. The van der Waals surface area contributed by atoms with Crippen LogP contribution in [0.4, 0.5) is 0 Å². The highest BCUT2D eigenvalue weighted by Crippen LogP contribution is 2.11. The van der Waals surface area contributed by atoms with Crippen molar-refractivity contribution in [1.82, 2.24) is 5.48 Å². The molecule has 3 N–H and O–H groups in total. The summed E-state index contributed by atoms with van der Waals surface area (Å²) < 4.78 is 0. The van der Waals surface area contributed by atoms with Crippen molar-refractivity contribution in [2.45, 2.75) is 39.0 Å². The zero-order valence-electron chi connectivity index (χ0n) is 8.32. The maximum atomic E-state index is 10.9. The van der Waals surface area contributed by atoms with Gasteiger partial charge in [-0.1, -0.05) is 32.6 Å². The van der Waals surface area contributed by atoms with Crippen LogP contribution in [0.25, 0.3) is 0 Å². The Balaban J connectivity index is 3.86. The van der Waals surface area contributed by atoms with Gasteiger partial charge in [0, 0.05) is 0 Å². The van der Waals surface area contributed by atoms with Crippen LogP contribution in [0.1, 0.15) is 39.0 Å². The summed E-state index contributed by atoms with van der Waals surface area (Å²) in [7, 11) is 0. The number of hydroxylamine groups is 1. The molecule has 0 fully saturated rings. The molecule has 0 aliphatic rings. The van der Waals surface area contributed by atoms with Gasteiger partial charge in [-0.05, 0) is 6.42 Å². The zero-order chi connectivity index (χ0) is 11.0. The van der Waals surface area contributed by atoms with Crippen molar-refractivity contribution >= 4 is 11.9 Å². The van der Waals surface area contributed by atoms with E-state index >= 15 is 0 Å². The SMILES string of the molecule is CCCCCCC(C(=O)O)C(=O)NO. The van der Waals surface area contributed by atoms with Gasteiger partial charge in [0.1, 0.15) is 5.92 Å². The van der Waals surface area contributed by atoms with Crippen molar-refractivity contribution in [2.75, 3.05) is 0 Å². The van der Waals surface area contributed by atoms with Gasteiger partial charge < -0.3 is 5.11 Å². The molecule has 82 valence electrons. The van der Waals surface area contributed by atoms with Gasteiger partial charge in [-0.25, -0.2) is 5.48 Å². The number of carboxylic acids is 1. The van der Waals surface area contributed by atoms with Crippen molar-refractivity contribution in [2.24, 2.45) is 5.92 Å². The lowest BCUT2D eigenvalue weighted by Gasteiger charge is -2.09. The number of amides is 1. The molecule has 0 saturated carbocycles. The summed E-state index contributed by atoms with van der Waals surface area (Å²) in [6, 6.07) is 0. The van der Waals surface area contributed by atoms with E-state index in [9.17, 15) is 9.59 Å². The topological polar surface area (TPSA) is 86.6 Å². The fourth-order valence-electron chi connectivity index (χ4n) is 1.22. The third-order valence-electron chi connectivity index (χ3n) is 2.07. The third kappa shape index (κ3) is 4.81. The number of hydrogen-bond donors (Lipinski definition) is 3. The van der Waals surface area contributed by atoms with Gasteiger partial charge in [0.2, 0.25) is 0 Å². The fourth-order valence-corrected chi connectivity index (χ4v) is 1.22. The molecule has 0 radical (unpaired) electrons. The van der Waals surface area contributed by atoms with Crippen LogP contribution in [0.15, 0.2) is 0 Å². The Morgan fingerprint density at radius 2 is 1.93 bits per heavy atom. The second kappa shape index (κ2) is 7.32. The molecule has 0 aromatic carbocycles. The van der Waals surface area contributed by atoms with E-state index in [1.807, 2.05) is 0 Å². The lowest BCUT2D eigenvalue weighted by atomic mass is 10.0. The van der Waals surface area contributed by atoms with Crippen LogP contribution in [0.2, 0.25) is 0 Å². The first kappa shape index (κ1) is 12.9. The molecule has 0 bridgehead atoms. The number of nitrogens with one attached hydrogen (secondary N) is 1. The Morgan fingerprint density at radius 3 is 2.36 bits per heavy atom. The Morgan fingerprint density at radius 1 is 1.29 bits per heavy atom. The van der Waals surface area contributed by atoms with E-state index in [1.54, 1.807) is 0 Å². The van der Waals surface area contributed by atoms with E-state index in [2.05, 4.69) is 6.92 Å². The first-order chi connectivity index (χ1) is 6.63. The molecule has 1 amide bonds. The van der Waals surface area contributed by atoms with Crippen molar-refractivity contribution in [3.8, 4) is 0 Å². The molecule has 5 nitrogen and oxygen atoms in total. The Hall–Kier alpha value is -1.10. The van der Waals surface area contributed by atoms with E-state index in [0.29, 0.717) is 6.42 Å². The molecule has 0 aliphatic heterocycles. The number of carboxylic acid groups (broad SMARTS) is 1. The van der Waals surface area contributed by atoms with E-state index in [1.165, 1.54) is 5.48 Å². The molecule has 1 unspecified atom stereocenters. The highest BCUT2D eigenvalue weighted by Gasteiger charge is 2.24. The summed E-state index contributed by atoms with van der Waals surface area (Å²) >= 11 is 0. The predicted molar refractivity (Wildman–Crippen MR) is 49.8 cm³/mol.